The molecule has 2 aromatic carbocycles. The van der Waals surface area contributed by atoms with Gasteiger partial charge in [0.2, 0.25) is 0 Å². The fourth-order valence-corrected chi connectivity index (χ4v) is 3.50. The fourth-order valence-electron chi connectivity index (χ4n) is 3.30. The zero-order valence-electron chi connectivity index (χ0n) is 13.7. The maximum Gasteiger partial charge on any atom is 0.261 e. The molecule has 6 nitrogen and oxygen atoms in total. The number of rotatable bonds is 7. The SMILES string of the molecule is O=C1c2cccc3c(N(CCO)CCO)ccc(c23)C(=O)N1CCS. The number of carbonyl (C=O) groups excluding carboxylic acids is 2. The number of nitrogens with zero attached hydrogens (tertiary/aromatic N) is 2. The zero-order chi connectivity index (χ0) is 18.0. The van der Waals surface area contributed by atoms with Gasteiger partial charge in [-0.25, -0.2) is 0 Å². The van der Waals surface area contributed by atoms with Crippen molar-refractivity contribution >= 4 is 40.9 Å². The number of benzene rings is 2. The summed E-state index contributed by atoms with van der Waals surface area (Å²) in [7, 11) is 0. The Kier molecular flexibility index (Phi) is 5.27. The van der Waals surface area contributed by atoms with E-state index < -0.39 is 0 Å². The second-order valence-electron chi connectivity index (χ2n) is 5.78. The largest absolute Gasteiger partial charge is 0.395 e. The summed E-state index contributed by atoms with van der Waals surface area (Å²) in [6.07, 6.45) is 0. The highest BCUT2D eigenvalue weighted by atomic mass is 32.1. The van der Waals surface area contributed by atoms with Crippen LogP contribution >= 0.6 is 12.6 Å². The van der Waals surface area contributed by atoms with Crippen molar-refractivity contribution in [2.75, 3.05) is 43.5 Å². The molecule has 0 atom stereocenters. The lowest BCUT2D eigenvalue weighted by Crippen LogP contribution is -2.41. The maximum atomic E-state index is 12.7. The van der Waals surface area contributed by atoms with Gasteiger partial charge in [0.05, 0.1) is 13.2 Å². The summed E-state index contributed by atoms with van der Waals surface area (Å²) in [5.74, 6) is -0.225. The Labute approximate surface area is 151 Å². The number of imide groups is 1. The second-order valence-corrected chi connectivity index (χ2v) is 6.23. The van der Waals surface area contributed by atoms with Crippen molar-refractivity contribution in [3.8, 4) is 0 Å². The maximum absolute atomic E-state index is 12.7. The third-order valence-electron chi connectivity index (χ3n) is 4.37. The van der Waals surface area contributed by atoms with E-state index in [0.29, 0.717) is 35.4 Å². The van der Waals surface area contributed by atoms with E-state index >= 15 is 0 Å². The molecule has 0 fully saturated rings. The van der Waals surface area contributed by atoms with Gasteiger partial charge in [-0.3, -0.25) is 14.5 Å². The third-order valence-corrected chi connectivity index (χ3v) is 4.57. The van der Waals surface area contributed by atoms with Crippen LogP contribution in [0.25, 0.3) is 10.8 Å². The summed E-state index contributed by atoms with van der Waals surface area (Å²) in [4.78, 5) is 28.5. The second kappa shape index (κ2) is 7.43. The smallest absolute Gasteiger partial charge is 0.261 e. The average molecular weight is 360 g/mol. The summed E-state index contributed by atoms with van der Waals surface area (Å²) in [6, 6.07) is 8.88. The number of hydrogen-bond acceptors (Lipinski definition) is 6. The number of hydrogen-bond donors (Lipinski definition) is 3. The average Bonchev–Trinajstić information content (AvgIpc) is 2.62. The quantitative estimate of drug-likeness (QED) is 0.510. The van der Waals surface area contributed by atoms with Crippen LogP contribution in [0.3, 0.4) is 0 Å². The first-order valence-electron chi connectivity index (χ1n) is 8.13. The molecule has 0 spiro atoms. The number of aliphatic hydroxyl groups excluding tert-OH is 2. The van der Waals surface area contributed by atoms with Crippen molar-refractivity contribution in [2.24, 2.45) is 0 Å². The van der Waals surface area contributed by atoms with E-state index in [1.807, 2.05) is 11.0 Å². The molecule has 0 radical (unpaired) electrons. The summed E-state index contributed by atoms with van der Waals surface area (Å²) in [5, 5.41) is 20.0. The molecule has 0 saturated heterocycles. The van der Waals surface area contributed by atoms with Gasteiger partial charge in [0.1, 0.15) is 0 Å². The van der Waals surface area contributed by atoms with Gasteiger partial charge < -0.3 is 15.1 Å². The van der Waals surface area contributed by atoms with Crippen LogP contribution in [0.15, 0.2) is 30.3 Å². The van der Waals surface area contributed by atoms with Crippen molar-refractivity contribution in [3.63, 3.8) is 0 Å². The molecule has 0 saturated carbocycles. The summed E-state index contributed by atoms with van der Waals surface area (Å²) in [6.45, 7) is 0.854. The van der Waals surface area contributed by atoms with Crippen LogP contribution < -0.4 is 4.90 Å². The molecule has 1 heterocycles. The van der Waals surface area contributed by atoms with Crippen molar-refractivity contribution in [2.45, 2.75) is 0 Å². The molecular formula is C18H20N2O4S. The topological polar surface area (TPSA) is 81.1 Å². The highest BCUT2D eigenvalue weighted by Gasteiger charge is 2.33. The molecule has 0 aliphatic carbocycles. The number of amides is 2. The molecule has 0 aromatic heterocycles. The number of carbonyl (C=O) groups is 2. The molecule has 25 heavy (non-hydrogen) atoms. The molecule has 0 unspecified atom stereocenters. The van der Waals surface area contributed by atoms with E-state index in [2.05, 4.69) is 12.6 Å². The molecule has 3 rings (SSSR count). The third kappa shape index (κ3) is 2.99. The molecule has 1 aliphatic heterocycles. The van der Waals surface area contributed by atoms with Crippen LogP contribution in [0, 0.1) is 0 Å². The van der Waals surface area contributed by atoms with Gasteiger partial charge in [-0.2, -0.15) is 12.6 Å². The van der Waals surface area contributed by atoms with Crippen LogP contribution in [0.4, 0.5) is 5.69 Å². The molecule has 0 bridgehead atoms. The fraction of sp³-hybridized carbons (Fsp3) is 0.333. The lowest BCUT2D eigenvalue weighted by atomic mass is 9.92. The molecule has 2 aromatic rings. The predicted molar refractivity (Wildman–Crippen MR) is 99.6 cm³/mol. The molecule has 7 heteroatoms. The van der Waals surface area contributed by atoms with Crippen molar-refractivity contribution in [1.29, 1.82) is 0 Å². The van der Waals surface area contributed by atoms with Gasteiger partial charge in [0, 0.05) is 53.0 Å². The van der Waals surface area contributed by atoms with Crippen molar-refractivity contribution in [3.05, 3.63) is 41.5 Å². The minimum Gasteiger partial charge on any atom is -0.395 e. The van der Waals surface area contributed by atoms with Gasteiger partial charge >= 0.3 is 0 Å². The standard InChI is InChI=1S/C18H20N2O4S/c21-9-6-19(7-10-22)15-5-4-14-16-12(15)2-1-3-13(16)17(23)20(8-11-25)18(14)24/h1-5,21-22,25H,6-11H2. The van der Waals surface area contributed by atoms with E-state index in [-0.39, 0.29) is 31.6 Å². The Morgan fingerprint density at radius 1 is 0.960 bits per heavy atom. The van der Waals surface area contributed by atoms with Crippen LogP contribution in [0.5, 0.6) is 0 Å². The highest BCUT2D eigenvalue weighted by molar-refractivity contribution is 7.80. The van der Waals surface area contributed by atoms with Gasteiger partial charge in [-0.15, -0.1) is 0 Å². The Morgan fingerprint density at radius 2 is 1.60 bits per heavy atom. The number of thiol groups is 1. The first-order chi connectivity index (χ1) is 12.1. The number of aliphatic hydroxyl groups is 2. The normalized spacial score (nSPS) is 13.6. The van der Waals surface area contributed by atoms with Crippen molar-refractivity contribution in [1.82, 2.24) is 4.90 Å². The highest BCUT2D eigenvalue weighted by Crippen LogP contribution is 2.35. The monoisotopic (exact) mass is 360 g/mol. The van der Waals surface area contributed by atoms with E-state index in [9.17, 15) is 19.8 Å². The molecule has 2 N–H and O–H groups in total. The minimum absolute atomic E-state index is 0.0590. The van der Waals surface area contributed by atoms with Crippen LogP contribution in [0.1, 0.15) is 20.7 Å². The van der Waals surface area contributed by atoms with E-state index in [1.54, 1.807) is 24.3 Å². The molecular weight excluding hydrogens is 340 g/mol. The zero-order valence-corrected chi connectivity index (χ0v) is 14.6. The molecule has 1 aliphatic rings. The first kappa shape index (κ1) is 17.7. The van der Waals surface area contributed by atoms with Crippen LogP contribution in [0.2, 0.25) is 0 Å². The van der Waals surface area contributed by atoms with Gasteiger partial charge in [0.25, 0.3) is 11.8 Å². The summed E-state index contributed by atoms with van der Waals surface area (Å²) < 4.78 is 0. The van der Waals surface area contributed by atoms with E-state index in [0.717, 1.165) is 11.1 Å². The Balaban J connectivity index is 2.20. The first-order valence-corrected chi connectivity index (χ1v) is 8.76. The van der Waals surface area contributed by atoms with Gasteiger partial charge in [-0.05, 0) is 18.2 Å². The summed E-state index contributed by atoms with van der Waals surface area (Å²) >= 11 is 4.13. The summed E-state index contributed by atoms with van der Waals surface area (Å²) in [5.41, 5.74) is 1.76. The molecule has 2 amide bonds. The van der Waals surface area contributed by atoms with E-state index in [4.69, 9.17) is 0 Å². The molecule has 132 valence electrons. The predicted octanol–water partition coefficient (Wildman–Crippen LogP) is 1.16. The Hall–Kier alpha value is -2.09. The number of anilines is 1. The lowest BCUT2D eigenvalue weighted by Gasteiger charge is -2.30. The van der Waals surface area contributed by atoms with Gasteiger partial charge in [0.15, 0.2) is 0 Å². The Bertz CT molecular complexity index is 796. The van der Waals surface area contributed by atoms with E-state index in [1.165, 1.54) is 4.90 Å². The lowest BCUT2D eigenvalue weighted by molar-refractivity contribution is 0.0621. The van der Waals surface area contributed by atoms with Crippen LogP contribution in [-0.2, 0) is 0 Å². The minimum atomic E-state index is -0.315. The van der Waals surface area contributed by atoms with Crippen LogP contribution in [-0.4, -0.2) is 65.5 Å². The van der Waals surface area contributed by atoms with Gasteiger partial charge in [-0.1, -0.05) is 12.1 Å². The van der Waals surface area contributed by atoms with Crippen molar-refractivity contribution < 1.29 is 19.8 Å². The Morgan fingerprint density at radius 3 is 2.20 bits per heavy atom.